The lowest BCUT2D eigenvalue weighted by Gasteiger charge is -2.00. The van der Waals surface area contributed by atoms with E-state index in [0.717, 1.165) is 11.3 Å². The Morgan fingerprint density at radius 3 is 2.36 bits per heavy atom. The molecule has 0 amide bonds. The van der Waals surface area contributed by atoms with Crippen LogP contribution in [-0.2, 0) is 0 Å². The molecule has 0 atom stereocenters. The van der Waals surface area contributed by atoms with Crippen molar-refractivity contribution in [3.8, 4) is 11.3 Å². The van der Waals surface area contributed by atoms with E-state index in [-0.39, 0.29) is 5.56 Å². The number of pyridine rings is 1. The van der Waals surface area contributed by atoms with Crippen LogP contribution < -0.4 is 5.56 Å². The maximum Gasteiger partial charge on any atom is 0.262 e. The Balaban J connectivity index is 2.54. The van der Waals surface area contributed by atoms with Crippen LogP contribution in [0.1, 0.15) is 0 Å². The topological polar surface area (TPSA) is 32.9 Å². The van der Waals surface area contributed by atoms with Crippen LogP contribution in [0, 0.1) is 0 Å². The van der Waals surface area contributed by atoms with E-state index in [9.17, 15) is 4.79 Å². The van der Waals surface area contributed by atoms with Gasteiger partial charge in [-0.05, 0) is 33.6 Å². The quantitative estimate of drug-likeness (QED) is 0.829. The highest BCUT2D eigenvalue weighted by atomic mass is 79.9. The summed E-state index contributed by atoms with van der Waals surface area (Å²) in [6, 6.07) is 13.4. The van der Waals surface area contributed by atoms with E-state index in [1.165, 1.54) is 0 Å². The summed E-state index contributed by atoms with van der Waals surface area (Å²) in [6.45, 7) is 0. The SMILES string of the molecule is O=c1[nH]c(-c2ccccc2)ccc1Br. The van der Waals surface area contributed by atoms with Crippen molar-refractivity contribution < 1.29 is 0 Å². The van der Waals surface area contributed by atoms with Gasteiger partial charge in [0.15, 0.2) is 0 Å². The molecular weight excluding hydrogens is 242 g/mol. The fraction of sp³-hybridized carbons (Fsp3) is 0. The molecule has 1 aromatic heterocycles. The van der Waals surface area contributed by atoms with Gasteiger partial charge in [-0.1, -0.05) is 30.3 Å². The van der Waals surface area contributed by atoms with Gasteiger partial charge in [0.25, 0.3) is 5.56 Å². The summed E-state index contributed by atoms with van der Waals surface area (Å²) >= 11 is 3.16. The van der Waals surface area contributed by atoms with E-state index in [1.54, 1.807) is 6.07 Å². The van der Waals surface area contributed by atoms with Crippen molar-refractivity contribution in [2.75, 3.05) is 0 Å². The lowest BCUT2D eigenvalue weighted by molar-refractivity contribution is 1.22. The van der Waals surface area contributed by atoms with E-state index in [4.69, 9.17) is 0 Å². The van der Waals surface area contributed by atoms with Gasteiger partial charge in [0.1, 0.15) is 0 Å². The molecule has 2 aromatic rings. The zero-order valence-electron chi connectivity index (χ0n) is 7.33. The predicted octanol–water partition coefficient (Wildman–Crippen LogP) is 2.80. The van der Waals surface area contributed by atoms with Gasteiger partial charge in [0.2, 0.25) is 0 Å². The van der Waals surface area contributed by atoms with Crippen molar-refractivity contribution in [3.63, 3.8) is 0 Å². The summed E-state index contributed by atoms with van der Waals surface area (Å²) in [5, 5.41) is 0. The molecule has 0 radical (unpaired) electrons. The van der Waals surface area contributed by atoms with Crippen molar-refractivity contribution in [2.45, 2.75) is 0 Å². The third-order valence-electron chi connectivity index (χ3n) is 1.95. The minimum absolute atomic E-state index is 0.105. The zero-order valence-corrected chi connectivity index (χ0v) is 8.91. The highest BCUT2D eigenvalue weighted by Gasteiger charge is 1.99. The summed E-state index contributed by atoms with van der Waals surface area (Å²) in [7, 11) is 0. The van der Waals surface area contributed by atoms with Crippen molar-refractivity contribution in [1.29, 1.82) is 0 Å². The lowest BCUT2D eigenvalue weighted by Crippen LogP contribution is -2.06. The van der Waals surface area contributed by atoms with Gasteiger partial charge in [0, 0.05) is 5.69 Å². The van der Waals surface area contributed by atoms with Crippen LogP contribution in [-0.4, -0.2) is 4.98 Å². The van der Waals surface area contributed by atoms with Crippen LogP contribution in [0.5, 0.6) is 0 Å². The highest BCUT2D eigenvalue weighted by Crippen LogP contribution is 2.15. The van der Waals surface area contributed by atoms with E-state index in [0.29, 0.717) is 4.47 Å². The number of rotatable bonds is 1. The number of aromatic amines is 1. The molecule has 0 aliphatic rings. The van der Waals surface area contributed by atoms with Crippen molar-refractivity contribution in [3.05, 3.63) is 57.3 Å². The van der Waals surface area contributed by atoms with Gasteiger partial charge in [0.05, 0.1) is 4.47 Å². The smallest absolute Gasteiger partial charge is 0.262 e. The molecule has 1 aromatic carbocycles. The number of hydrogen-bond donors (Lipinski definition) is 1. The van der Waals surface area contributed by atoms with E-state index in [2.05, 4.69) is 20.9 Å². The highest BCUT2D eigenvalue weighted by molar-refractivity contribution is 9.10. The average molecular weight is 250 g/mol. The molecule has 1 N–H and O–H groups in total. The van der Waals surface area contributed by atoms with Gasteiger partial charge in [-0.15, -0.1) is 0 Å². The van der Waals surface area contributed by atoms with Crippen LogP contribution in [0.25, 0.3) is 11.3 Å². The number of halogens is 1. The Morgan fingerprint density at radius 2 is 1.71 bits per heavy atom. The molecule has 2 nitrogen and oxygen atoms in total. The fourth-order valence-electron chi connectivity index (χ4n) is 1.24. The molecule has 0 spiro atoms. The van der Waals surface area contributed by atoms with Gasteiger partial charge >= 0.3 is 0 Å². The summed E-state index contributed by atoms with van der Waals surface area (Å²) in [5.74, 6) is 0. The first kappa shape index (κ1) is 9.21. The third-order valence-corrected chi connectivity index (χ3v) is 2.57. The minimum atomic E-state index is -0.105. The number of nitrogens with one attached hydrogen (secondary N) is 1. The molecule has 70 valence electrons. The molecule has 0 bridgehead atoms. The van der Waals surface area contributed by atoms with Crippen LogP contribution in [0.4, 0.5) is 0 Å². The molecule has 0 aliphatic carbocycles. The molecule has 0 saturated carbocycles. The van der Waals surface area contributed by atoms with Crippen molar-refractivity contribution >= 4 is 15.9 Å². The number of benzene rings is 1. The van der Waals surface area contributed by atoms with E-state index in [1.807, 2.05) is 36.4 Å². The van der Waals surface area contributed by atoms with Crippen molar-refractivity contribution in [1.82, 2.24) is 4.98 Å². The Hall–Kier alpha value is -1.35. The largest absolute Gasteiger partial charge is 0.321 e. The van der Waals surface area contributed by atoms with E-state index >= 15 is 0 Å². The lowest BCUT2D eigenvalue weighted by atomic mass is 10.1. The van der Waals surface area contributed by atoms with E-state index < -0.39 is 0 Å². The Morgan fingerprint density at radius 1 is 1.00 bits per heavy atom. The summed E-state index contributed by atoms with van der Waals surface area (Å²) in [4.78, 5) is 14.1. The van der Waals surface area contributed by atoms with Crippen LogP contribution in [0.2, 0.25) is 0 Å². The minimum Gasteiger partial charge on any atom is -0.321 e. The van der Waals surface area contributed by atoms with Crippen LogP contribution in [0.3, 0.4) is 0 Å². The first-order valence-electron chi connectivity index (χ1n) is 4.21. The molecule has 0 saturated heterocycles. The second-order valence-electron chi connectivity index (χ2n) is 2.92. The monoisotopic (exact) mass is 249 g/mol. The van der Waals surface area contributed by atoms with Gasteiger partial charge in [-0.25, -0.2) is 0 Å². The Bertz CT molecular complexity index is 490. The van der Waals surface area contributed by atoms with Crippen LogP contribution >= 0.6 is 15.9 Å². The zero-order chi connectivity index (χ0) is 9.97. The van der Waals surface area contributed by atoms with Crippen molar-refractivity contribution in [2.24, 2.45) is 0 Å². The summed E-state index contributed by atoms with van der Waals surface area (Å²) in [5.41, 5.74) is 1.74. The first-order chi connectivity index (χ1) is 6.77. The number of hydrogen-bond acceptors (Lipinski definition) is 1. The third kappa shape index (κ3) is 1.77. The number of aromatic nitrogens is 1. The molecule has 0 aliphatic heterocycles. The van der Waals surface area contributed by atoms with Gasteiger partial charge in [-0.2, -0.15) is 0 Å². The first-order valence-corrected chi connectivity index (χ1v) is 5.01. The molecule has 0 fully saturated rings. The summed E-state index contributed by atoms with van der Waals surface area (Å²) < 4.78 is 0.553. The molecule has 3 heteroatoms. The maximum absolute atomic E-state index is 11.3. The molecule has 2 rings (SSSR count). The number of H-pyrrole nitrogens is 1. The molecular formula is C11H8BrNO. The molecule has 0 unspecified atom stereocenters. The summed E-state index contributed by atoms with van der Waals surface area (Å²) in [6.07, 6.45) is 0. The second-order valence-corrected chi connectivity index (χ2v) is 3.77. The second kappa shape index (κ2) is 3.80. The normalized spacial score (nSPS) is 10.1. The molecule has 1 heterocycles. The van der Waals surface area contributed by atoms with Gasteiger partial charge < -0.3 is 4.98 Å². The molecule has 14 heavy (non-hydrogen) atoms. The fourth-order valence-corrected chi connectivity index (χ4v) is 1.47. The predicted molar refractivity (Wildman–Crippen MR) is 60.2 cm³/mol. The Kier molecular flexibility index (Phi) is 2.50. The van der Waals surface area contributed by atoms with Crippen LogP contribution in [0.15, 0.2) is 51.7 Å². The standard InChI is InChI=1S/C11H8BrNO/c12-9-6-7-10(13-11(9)14)8-4-2-1-3-5-8/h1-7H,(H,13,14). The van der Waals surface area contributed by atoms with Gasteiger partial charge in [-0.3, -0.25) is 4.79 Å². The Labute approximate surface area is 89.7 Å². The average Bonchev–Trinajstić information content (AvgIpc) is 2.23. The maximum atomic E-state index is 11.3.